The van der Waals surface area contributed by atoms with Gasteiger partial charge in [0.2, 0.25) is 0 Å². The maximum absolute atomic E-state index is 5.29. The molecule has 3 heteroatoms. The van der Waals surface area contributed by atoms with Crippen molar-refractivity contribution in [2.24, 2.45) is 5.73 Å². The normalized spacial score (nSPS) is 13.1. The molecule has 0 bridgehead atoms. The molecular weight excluding hydrogens is 727 g/mol. The summed E-state index contributed by atoms with van der Waals surface area (Å²) >= 11 is 0. The van der Waals surface area contributed by atoms with E-state index in [1.165, 1.54) is 72.2 Å². The lowest BCUT2D eigenvalue weighted by molar-refractivity contribution is 1.16. The van der Waals surface area contributed by atoms with Crippen molar-refractivity contribution in [3.63, 3.8) is 0 Å². The summed E-state index contributed by atoms with van der Waals surface area (Å²) in [6.07, 6.45) is 40.4. The number of aromatic nitrogens is 2. The van der Waals surface area contributed by atoms with Crippen molar-refractivity contribution >= 4 is 43.6 Å². The summed E-state index contributed by atoms with van der Waals surface area (Å²) in [5.74, 6) is 0. The first-order chi connectivity index (χ1) is 29.8. The fourth-order valence-electron chi connectivity index (χ4n) is 7.59. The predicted octanol–water partition coefficient (Wildman–Crippen LogP) is 14.6. The standard InChI is InChI=1S/C57H47N3/c58-42-26-17-15-13-11-9-7-5-3-1-2-4-6-8-10-12-14-16-19-27-45-34-38-49(39-35-45)60-55-33-25-23-31-51(55)53-44-47(37-41-57(53)60)46-36-40-56-52(43-46)50-30-22-24-32-54(50)59(56)48-28-20-18-21-29-48/h1-26,28-44H,27,58H2/b2-1+,5-3+,6-4-,9-7-,10-8-,13-11-,14-12+,17-15+,19-16+,42-26+. The molecule has 0 atom stereocenters. The van der Waals surface area contributed by atoms with Crippen LogP contribution < -0.4 is 5.73 Å². The first kappa shape index (κ1) is 39.0. The van der Waals surface area contributed by atoms with E-state index in [0.29, 0.717) is 0 Å². The Hall–Kier alpha value is -7.88. The van der Waals surface area contributed by atoms with Gasteiger partial charge in [-0.1, -0.05) is 188 Å². The summed E-state index contributed by atoms with van der Waals surface area (Å²) in [4.78, 5) is 0. The molecule has 6 aromatic carbocycles. The van der Waals surface area contributed by atoms with E-state index in [9.17, 15) is 0 Å². The molecule has 0 aliphatic heterocycles. The Bertz CT molecular complexity index is 3040. The van der Waals surface area contributed by atoms with Gasteiger partial charge in [0.05, 0.1) is 22.1 Å². The maximum atomic E-state index is 5.29. The maximum Gasteiger partial charge on any atom is 0.0541 e. The van der Waals surface area contributed by atoms with Crippen molar-refractivity contribution in [3.05, 3.63) is 267 Å². The number of hydrogen-bond acceptors (Lipinski definition) is 1. The number of hydrogen-bond donors (Lipinski definition) is 1. The van der Waals surface area contributed by atoms with Gasteiger partial charge in [-0.25, -0.2) is 0 Å². The molecule has 2 heterocycles. The summed E-state index contributed by atoms with van der Waals surface area (Å²) in [6.45, 7) is 0. The SMILES string of the molecule is N/C=C/C=C/C=C\C=C/C=C/C=C/C=C\C=C/C=C/C=C/Cc1ccc(-n2c3ccccc3c3cc(-c4ccc5c(c4)c4ccccc4n5-c4ccccc4)ccc32)cc1. The Labute approximate surface area is 352 Å². The second kappa shape index (κ2) is 19.5. The Balaban J connectivity index is 0.923. The fourth-order valence-corrected chi connectivity index (χ4v) is 7.59. The second-order valence-corrected chi connectivity index (χ2v) is 14.3. The quantitative estimate of drug-likeness (QED) is 0.110. The number of nitrogens with two attached hydrogens (primary N) is 1. The molecule has 0 fully saturated rings. The zero-order chi connectivity index (χ0) is 40.8. The summed E-state index contributed by atoms with van der Waals surface area (Å²) < 4.78 is 4.76. The molecule has 0 unspecified atom stereocenters. The lowest BCUT2D eigenvalue weighted by Gasteiger charge is -2.10. The number of allylic oxidation sites excluding steroid dienone is 19. The van der Waals surface area contributed by atoms with Crippen LogP contribution in [0.25, 0.3) is 66.1 Å². The molecule has 0 aliphatic carbocycles. The highest BCUT2D eigenvalue weighted by molar-refractivity contribution is 6.12. The van der Waals surface area contributed by atoms with Gasteiger partial charge in [0.15, 0.2) is 0 Å². The van der Waals surface area contributed by atoms with Gasteiger partial charge >= 0.3 is 0 Å². The fraction of sp³-hybridized carbons (Fsp3) is 0.0175. The van der Waals surface area contributed by atoms with Crippen LogP contribution in [0, 0.1) is 0 Å². The van der Waals surface area contributed by atoms with E-state index < -0.39 is 0 Å². The topological polar surface area (TPSA) is 35.9 Å². The summed E-state index contributed by atoms with van der Waals surface area (Å²) in [6, 6.07) is 50.9. The van der Waals surface area contributed by atoms with Crippen LogP contribution in [0.3, 0.4) is 0 Å². The highest BCUT2D eigenvalue weighted by Crippen LogP contribution is 2.38. The van der Waals surface area contributed by atoms with E-state index in [1.54, 1.807) is 6.08 Å². The summed E-state index contributed by atoms with van der Waals surface area (Å²) in [5.41, 5.74) is 16.2. The highest BCUT2D eigenvalue weighted by atomic mass is 15.0. The minimum Gasteiger partial charge on any atom is -0.405 e. The van der Waals surface area contributed by atoms with Gasteiger partial charge in [0.25, 0.3) is 0 Å². The number of benzene rings is 6. The monoisotopic (exact) mass is 773 g/mol. The zero-order valence-corrected chi connectivity index (χ0v) is 33.5. The van der Waals surface area contributed by atoms with E-state index in [2.05, 4.69) is 167 Å². The third kappa shape index (κ3) is 8.97. The summed E-state index contributed by atoms with van der Waals surface area (Å²) in [5, 5.41) is 5.02. The molecule has 0 aliphatic rings. The smallest absolute Gasteiger partial charge is 0.0541 e. The van der Waals surface area contributed by atoms with Gasteiger partial charge in [-0.3, -0.25) is 0 Å². The molecule has 0 spiro atoms. The lowest BCUT2D eigenvalue weighted by atomic mass is 10.0. The molecule has 0 saturated heterocycles. The first-order valence-electron chi connectivity index (χ1n) is 20.4. The Morgan fingerprint density at radius 1 is 0.333 bits per heavy atom. The Kier molecular flexibility index (Phi) is 12.7. The van der Waals surface area contributed by atoms with Crippen molar-refractivity contribution in [3.8, 4) is 22.5 Å². The van der Waals surface area contributed by atoms with Crippen LogP contribution in [-0.2, 0) is 6.42 Å². The molecule has 290 valence electrons. The van der Waals surface area contributed by atoms with Crippen LogP contribution in [-0.4, -0.2) is 9.13 Å². The van der Waals surface area contributed by atoms with E-state index in [-0.39, 0.29) is 0 Å². The van der Waals surface area contributed by atoms with Crippen LogP contribution in [0.5, 0.6) is 0 Å². The third-order valence-electron chi connectivity index (χ3n) is 10.4. The van der Waals surface area contributed by atoms with Gasteiger partial charge in [0, 0.05) is 32.9 Å². The minimum atomic E-state index is 0.867. The van der Waals surface area contributed by atoms with E-state index in [4.69, 9.17) is 5.73 Å². The van der Waals surface area contributed by atoms with Crippen LogP contribution in [0.1, 0.15) is 5.56 Å². The molecule has 2 aromatic heterocycles. The summed E-state index contributed by atoms with van der Waals surface area (Å²) in [7, 11) is 0. The van der Waals surface area contributed by atoms with Gasteiger partial charge in [0.1, 0.15) is 0 Å². The van der Waals surface area contributed by atoms with Gasteiger partial charge in [-0.2, -0.15) is 0 Å². The zero-order valence-electron chi connectivity index (χ0n) is 33.5. The van der Waals surface area contributed by atoms with Gasteiger partial charge in [-0.05, 0) is 96.1 Å². The van der Waals surface area contributed by atoms with E-state index >= 15 is 0 Å². The minimum absolute atomic E-state index is 0.867. The van der Waals surface area contributed by atoms with Gasteiger partial charge in [-0.15, -0.1) is 0 Å². The van der Waals surface area contributed by atoms with E-state index in [1.807, 2.05) is 91.1 Å². The largest absolute Gasteiger partial charge is 0.405 e. The predicted molar refractivity (Wildman–Crippen MR) is 260 cm³/mol. The average Bonchev–Trinajstić information content (AvgIpc) is 3.81. The molecule has 0 amide bonds. The van der Waals surface area contributed by atoms with Crippen molar-refractivity contribution in [1.29, 1.82) is 0 Å². The lowest BCUT2D eigenvalue weighted by Crippen LogP contribution is -1.94. The molecule has 3 nitrogen and oxygen atoms in total. The van der Waals surface area contributed by atoms with Crippen LogP contribution >= 0.6 is 0 Å². The Morgan fingerprint density at radius 3 is 1.18 bits per heavy atom. The van der Waals surface area contributed by atoms with Crippen molar-refractivity contribution in [2.45, 2.75) is 6.42 Å². The van der Waals surface area contributed by atoms with Crippen LogP contribution in [0.15, 0.2) is 261 Å². The van der Waals surface area contributed by atoms with Gasteiger partial charge < -0.3 is 14.9 Å². The highest BCUT2D eigenvalue weighted by Gasteiger charge is 2.16. The molecule has 2 N–H and O–H groups in total. The molecular formula is C57H47N3. The third-order valence-corrected chi connectivity index (χ3v) is 10.4. The molecule has 0 radical (unpaired) electrons. The number of fused-ring (bicyclic) bond motifs is 6. The number of para-hydroxylation sites is 3. The average molecular weight is 774 g/mol. The van der Waals surface area contributed by atoms with E-state index in [0.717, 1.165) is 12.1 Å². The van der Waals surface area contributed by atoms with Crippen molar-refractivity contribution in [2.75, 3.05) is 0 Å². The van der Waals surface area contributed by atoms with Crippen LogP contribution in [0.4, 0.5) is 0 Å². The number of rotatable bonds is 14. The van der Waals surface area contributed by atoms with Crippen molar-refractivity contribution in [1.82, 2.24) is 9.13 Å². The first-order valence-corrected chi connectivity index (χ1v) is 20.4. The molecule has 8 aromatic rings. The molecule has 0 saturated carbocycles. The molecule has 60 heavy (non-hydrogen) atoms. The van der Waals surface area contributed by atoms with Crippen LogP contribution in [0.2, 0.25) is 0 Å². The van der Waals surface area contributed by atoms with Crippen molar-refractivity contribution < 1.29 is 0 Å². The molecule has 8 rings (SSSR count). The Morgan fingerprint density at radius 2 is 0.717 bits per heavy atom. The second-order valence-electron chi connectivity index (χ2n) is 14.3. The number of nitrogens with zero attached hydrogens (tertiary/aromatic N) is 2.